The Balaban J connectivity index is 1.48. The fourth-order valence-electron chi connectivity index (χ4n) is 2.94. The van der Waals surface area contributed by atoms with Crippen LogP contribution in [0.5, 0.6) is 0 Å². The maximum atomic E-state index is 5.18. The minimum atomic E-state index is 0.551. The summed E-state index contributed by atoms with van der Waals surface area (Å²) >= 11 is 0. The van der Waals surface area contributed by atoms with Gasteiger partial charge in [0.1, 0.15) is 0 Å². The highest BCUT2D eigenvalue weighted by molar-refractivity contribution is 5.83. The van der Waals surface area contributed by atoms with Gasteiger partial charge in [0.25, 0.3) is 0 Å². The molecule has 1 saturated heterocycles. The smallest absolute Gasteiger partial charge is 0.241 e. The Bertz CT molecular complexity index is 1060. The predicted molar refractivity (Wildman–Crippen MR) is 94.3 cm³/mol. The molecule has 5 rings (SSSR count). The fourth-order valence-corrected chi connectivity index (χ4v) is 2.94. The molecule has 4 aromatic heterocycles. The first-order chi connectivity index (χ1) is 12.4. The molecule has 1 N–H and O–H groups in total. The van der Waals surface area contributed by atoms with Gasteiger partial charge in [0.15, 0.2) is 0 Å². The van der Waals surface area contributed by atoms with Crippen LogP contribution in [0.2, 0.25) is 0 Å². The zero-order valence-electron chi connectivity index (χ0n) is 13.5. The van der Waals surface area contributed by atoms with E-state index in [4.69, 9.17) is 9.72 Å². The molecule has 25 heavy (non-hydrogen) atoms. The van der Waals surface area contributed by atoms with E-state index in [1.165, 1.54) is 0 Å². The first-order valence-corrected chi connectivity index (χ1v) is 8.25. The van der Waals surface area contributed by atoms with E-state index in [0.29, 0.717) is 11.9 Å². The number of hydrogen-bond donors (Lipinski definition) is 1. The van der Waals surface area contributed by atoms with Crippen LogP contribution in [0.1, 0.15) is 0 Å². The van der Waals surface area contributed by atoms with Crippen molar-refractivity contribution in [1.82, 2.24) is 24.6 Å². The van der Waals surface area contributed by atoms with E-state index >= 15 is 0 Å². The second-order valence-corrected chi connectivity index (χ2v) is 6.16. The number of rotatable bonds is 4. The van der Waals surface area contributed by atoms with Gasteiger partial charge < -0.3 is 10.1 Å². The summed E-state index contributed by atoms with van der Waals surface area (Å²) in [5, 5.41) is 7.79. The first-order valence-electron chi connectivity index (χ1n) is 8.25. The lowest BCUT2D eigenvalue weighted by Crippen LogP contribution is -2.33. The molecular weight excluding hydrogens is 316 g/mol. The van der Waals surface area contributed by atoms with Gasteiger partial charge in [0, 0.05) is 30.4 Å². The van der Waals surface area contributed by atoms with Gasteiger partial charge in [-0.1, -0.05) is 0 Å². The third-order valence-corrected chi connectivity index (χ3v) is 4.40. The van der Waals surface area contributed by atoms with E-state index in [1.54, 1.807) is 6.20 Å². The second kappa shape index (κ2) is 5.78. The van der Waals surface area contributed by atoms with Crippen molar-refractivity contribution in [3.05, 3.63) is 48.9 Å². The summed E-state index contributed by atoms with van der Waals surface area (Å²) in [7, 11) is 0. The molecule has 5 heterocycles. The van der Waals surface area contributed by atoms with Gasteiger partial charge in [-0.25, -0.2) is 14.5 Å². The number of anilines is 1. The van der Waals surface area contributed by atoms with Crippen LogP contribution >= 0.6 is 0 Å². The largest absolute Gasteiger partial charge is 0.381 e. The van der Waals surface area contributed by atoms with Crippen LogP contribution < -0.4 is 5.32 Å². The molecule has 0 bridgehead atoms. The quantitative estimate of drug-likeness (QED) is 0.618. The molecule has 0 saturated carbocycles. The van der Waals surface area contributed by atoms with Gasteiger partial charge in [-0.15, -0.1) is 5.10 Å². The van der Waals surface area contributed by atoms with E-state index in [9.17, 15) is 0 Å². The van der Waals surface area contributed by atoms with E-state index in [0.717, 1.165) is 47.6 Å². The maximum absolute atomic E-state index is 5.18. The number of fused-ring (bicyclic) bond motifs is 2. The number of nitrogens with zero attached hydrogens (tertiary/aromatic N) is 5. The SMILES string of the molecule is c1cnc2ccc(-c3ccn4nc(NCC5COC5)ncc34)nc2c1. The Kier molecular flexibility index (Phi) is 3.31. The molecule has 0 aromatic carbocycles. The van der Waals surface area contributed by atoms with E-state index in [-0.39, 0.29) is 0 Å². The first kappa shape index (κ1) is 14.3. The maximum Gasteiger partial charge on any atom is 0.241 e. The Morgan fingerprint density at radius 1 is 1.12 bits per heavy atom. The van der Waals surface area contributed by atoms with Crippen LogP contribution in [0.4, 0.5) is 5.95 Å². The van der Waals surface area contributed by atoms with E-state index in [1.807, 2.05) is 47.2 Å². The van der Waals surface area contributed by atoms with Crippen LogP contribution in [0.25, 0.3) is 27.8 Å². The summed E-state index contributed by atoms with van der Waals surface area (Å²) in [6.45, 7) is 2.45. The summed E-state index contributed by atoms with van der Waals surface area (Å²) in [4.78, 5) is 13.5. The van der Waals surface area contributed by atoms with Crippen LogP contribution in [0, 0.1) is 5.92 Å². The van der Waals surface area contributed by atoms with Gasteiger partial charge in [-0.2, -0.15) is 0 Å². The van der Waals surface area contributed by atoms with Gasteiger partial charge in [0.2, 0.25) is 5.95 Å². The molecule has 0 radical (unpaired) electrons. The normalized spacial score (nSPS) is 14.7. The monoisotopic (exact) mass is 332 g/mol. The number of nitrogens with one attached hydrogen (secondary N) is 1. The van der Waals surface area contributed by atoms with Crippen molar-refractivity contribution in [1.29, 1.82) is 0 Å². The zero-order chi connectivity index (χ0) is 16.6. The van der Waals surface area contributed by atoms with Gasteiger partial charge in [0.05, 0.1) is 41.7 Å². The fraction of sp³-hybridized carbons (Fsp3) is 0.222. The minimum Gasteiger partial charge on any atom is -0.381 e. The lowest BCUT2D eigenvalue weighted by Gasteiger charge is -2.25. The van der Waals surface area contributed by atoms with Crippen molar-refractivity contribution in [2.24, 2.45) is 5.92 Å². The average molecular weight is 332 g/mol. The van der Waals surface area contributed by atoms with Crippen LogP contribution in [-0.4, -0.2) is 44.3 Å². The van der Waals surface area contributed by atoms with Crippen molar-refractivity contribution in [2.45, 2.75) is 0 Å². The Morgan fingerprint density at radius 2 is 2.08 bits per heavy atom. The van der Waals surface area contributed by atoms with Crippen molar-refractivity contribution in [3.8, 4) is 11.3 Å². The predicted octanol–water partition coefficient (Wildman–Crippen LogP) is 2.40. The molecule has 1 fully saturated rings. The highest BCUT2D eigenvalue weighted by Gasteiger charge is 2.18. The minimum absolute atomic E-state index is 0.551. The van der Waals surface area contributed by atoms with E-state index < -0.39 is 0 Å². The average Bonchev–Trinajstić information content (AvgIpc) is 3.03. The number of pyridine rings is 2. The van der Waals surface area contributed by atoms with Crippen molar-refractivity contribution >= 4 is 22.5 Å². The van der Waals surface area contributed by atoms with Gasteiger partial charge in [-0.3, -0.25) is 4.98 Å². The van der Waals surface area contributed by atoms with Crippen molar-refractivity contribution in [2.75, 3.05) is 25.1 Å². The highest BCUT2D eigenvalue weighted by atomic mass is 16.5. The molecule has 0 amide bonds. The van der Waals surface area contributed by atoms with Gasteiger partial charge >= 0.3 is 0 Å². The van der Waals surface area contributed by atoms with Crippen LogP contribution in [0.3, 0.4) is 0 Å². The number of aromatic nitrogens is 5. The lowest BCUT2D eigenvalue weighted by molar-refractivity contribution is -0.0249. The molecule has 1 aliphatic rings. The topological polar surface area (TPSA) is 77.2 Å². The molecule has 0 unspecified atom stereocenters. The summed E-state index contributed by atoms with van der Waals surface area (Å²) in [6, 6.07) is 9.84. The highest BCUT2D eigenvalue weighted by Crippen LogP contribution is 2.25. The summed E-state index contributed by atoms with van der Waals surface area (Å²) in [5.74, 6) is 1.17. The zero-order valence-corrected chi connectivity index (χ0v) is 13.5. The molecule has 4 aromatic rings. The Hall–Kier alpha value is -3.06. The number of ether oxygens (including phenoxy) is 1. The molecular formula is C18H16N6O. The van der Waals surface area contributed by atoms with Gasteiger partial charge in [-0.05, 0) is 30.3 Å². The summed E-state index contributed by atoms with van der Waals surface area (Å²) in [6.07, 6.45) is 5.53. The molecule has 7 heteroatoms. The van der Waals surface area contributed by atoms with E-state index in [2.05, 4.69) is 20.4 Å². The summed E-state index contributed by atoms with van der Waals surface area (Å²) in [5.41, 5.74) is 4.58. The molecule has 0 spiro atoms. The number of hydrogen-bond acceptors (Lipinski definition) is 6. The molecule has 124 valence electrons. The second-order valence-electron chi connectivity index (χ2n) is 6.16. The Labute approximate surface area is 143 Å². The molecule has 0 aliphatic carbocycles. The standard InChI is InChI=1S/C18H16N6O/c1-2-16-15(19-6-1)4-3-14(22-16)13-5-7-24-17(13)9-21-18(23-24)20-8-12-10-25-11-12/h1-7,9,12H,8,10-11H2,(H,20,23). The lowest BCUT2D eigenvalue weighted by atomic mass is 10.1. The van der Waals surface area contributed by atoms with Crippen LogP contribution in [0.15, 0.2) is 48.9 Å². The molecule has 0 atom stereocenters. The third kappa shape index (κ3) is 2.58. The molecule has 1 aliphatic heterocycles. The summed E-state index contributed by atoms with van der Waals surface area (Å²) < 4.78 is 7.01. The van der Waals surface area contributed by atoms with Crippen LogP contribution in [-0.2, 0) is 4.74 Å². The van der Waals surface area contributed by atoms with Crippen molar-refractivity contribution < 1.29 is 4.74 Å². The molecule has 7 nitrogen and oxygen atoms in total. The Morgan fingerprint density at radius 3 is 2.96 bits per heavy atom. The van der Waals surface area contributed by atoms with Crippen molar-refractivity contribution in [3.63, 3.8) is 0 Å². The third-order valence-electron chi connectivity index (χ3n) is 4.40.